The van der Waals surface area contributed by atoms with Crippen LogP contribution >= 0.6 is 23.4 Å². The van der Waals surface area contributed by atoms with E-state index in [0.717, 1.165) is 30.0 Å². The molecule has 1 aromatic carbocycles. The van der Waals surface area contributed by atoms with E-state index in [1.807, 2.05) is 0 Å². The molecule has 0 spiro atoms. The van der Waals surface area contributed by atoms with Crippen LogP contribution < -0.4 is 0 Å². The minimum absolute atomic E-state index is 0.172. The largest absolute Gasteiger partial charge is 0.207 e. The molecule has 0 saturated carbocycles. The Kier molecular flexibility index (Phi) is 4.18. The molecule has 0 saturated heterocycles. The quantitative estimate of drug-likeness (QED) is 0.591. The molecule has 0 bridgehead atoms. The lowest BCUT2D eigenvalue weighted by Gasteiger charge is -2.02. The average Bonchev–Trinajstić information content (AvgIpc) is 2.19. The third-order valence-electron chi connectivity index (χ3n) is 1.42. The Morgan fingerprint density at radius 3 is 2.86 bits per heavy atom. The average molecular weight is 234 g/mol. The number of nitrogens with zero attached hydrogens (tertiary/aromatic N) is 1. The number of hydrogen-bond acceptors (Lipinski definition) is 2. The van der Waals surface area contributed by atoms with Crippen LogP contribution in [0.1, 0.15) is 0 Å². The van der Waals surface area contributed by atoms with Crippen molar-refractivity contribution in [1.82, 2.24) is 0 Å². The van der Waals surface area contributed by atoms with E-state index in [0.29, 0.717) is 0 Å². The molecule has 0 fully saturated rings. The van der Waals surface area contributed by atoms with Gasteiger partial charge in [-0.05, 0) is 18.2 Å². The van der Waals surface area contributed by atoms with Crippen LogP contribution in [-0.2, 0) is 0 Å². The molecule has 14 heavy (non-hydrogen) atoms. The molecule has 1 nitrogen and oxygen atoms in total. The Labute approximate surface area is 89.7 Å². The van der Waals surface area contributed by atoms with Crippen LogP contribution in [0.5, 0.6) is 0 Å². The molecule has 0 amide bonds. The minimum atomic E-state index is -0.692. The molecule has 0 aliphatic carbocycles. The zero-order valence-electron chi connectivity index (χ0n) is 7.01. The lowest BCUT2D eigenvalue weighted by Crippen LogP contribution is -1.97. The third-order valence-corrected chi connectivity index (χ3v) is 2.98. The topological polar surface area (TPSA) is 23.8 Å². The summed E-state index contributed by atoms with van der Waals surface area (Å²) in [6, 6.07) is 4.97. The van der Waals surface area contributed by atoms with Crippen molar-refractivity contribution < 1.29 is 8.78 Å². The Morgan fingerprint density at radius 2 is 2.21 bits per heavy atom. The fourth-order valence-electron chi connectivity index (χ4n) is 0.788. The van der Waals surface area contributed by atoms with Crippen molar-refractivity contribution in [1.29, 1.82) is 5.26 Å². The summed E-state index contributed by atoms with van der Waals surface area (Å²) in [5, 5.41) is 7.68. The molecule has 74 valence electrons. The van der Waals surface area contributed by atoms with Crippen LogP contribution in [0.15, 0.2) is 23.1 Å². The zero-order valence-corrected chi connectivity index (χ0v) is 8.58. The lowest BCUT2D eigenvalue weighted by molar-refractivity contribution is 0.577. The molecule has 0 radical (unpaired) electrons. The summed E-state index contributed by atoms with van der Waals surface area (Å²) in [6.45, 7) is 0. The van der Waals surface area contributed by atoms with Gasteiger partial charge in [0.25, 0.3) is 0 Å². The Hall–Kier alpha value is -0.790. The number of rotatable bonds is 3. The summed E-state index contributed by atoms with van der Waals surface area (Å²) in [4.78, 5) is 0.172. The molecule has 0 aliphatic rings. The van der Waals surface area contributed by atoms with Gasteiger partial charge in [0.15, 0.2) is 0 Å². The maximum Gasteiger partial charge on any atom is 0.136 e. The predicted octanol–water partition coefficient (Wildman–Crippen LogP) is 3.19. The molecule has 5 heteroatoms. The highest BCUT2D eigenvalue weighted by Gasteiger charge is 2.08. The van der Waals surface area contributed by atoms with Gasteiger partial charge < -0.3 is 0 Å². The van der Waals surface area contributed by atoms with E-state index in [2.05, 4.69) is 0 Å². The van der Waals surface area contributed by atoms with E-state index >= 15 is 0 Å². The summed E-state index contributed by atoms with van der Waals surface area (Å²) in [5.41, 5.74) is 0. The molecular weight excluding hydrogens is 228 g/mol. The second kappa shape index (κ2) is 5.18. The van der Waals surface area contributed by atoms with E-state index in [1.165, 1.54) is 0 Å². The molecule has 0 aromatic heterocycles. The van der Waals surface area contributed by atoms with Gasteiger partial charge in [0.05, 0.1) is 6.07 Å². The van der Waals surface area contributed by atoms with Gasteiger partial charge in [-0.15, -0.1) is 23.4 Å². The number of benzene rings is 1. The first-order chi connectivity index (χ1) is 6.63. The van der Waals surface area contributed by atoms with Crippen LogP contribution in [0.2, 0.25) is 0 Å². The van der Waals surface area contributed by atoms with Gasteiger partial charge in [-0.2, -0.15) is 5.26 Å². The first kappa shape index (κ1) is 11.3. The van der Waals surface area contributed by atoms with Crippen molar-refractivity contribution in [3.63, 3.8) is 0 Å². The van der Waals surface area contributed by atoms with E-state index in [-0.39, 0.29) is 10.6 Å². The van der Waals surface area contributed by atoms with E-state index < -0.39 is 17.0 Å². The third kappa shape index (κ3) is 3.17. The second-order valence-electron chi connectivity index (χ2n) is 2.48. The number of nitriles is 1. The summed E-state index contributed by atoms with van der Waals surface area (Å²) >= 11 is 6.53. The van der Waals surface area contributed by atoms with Crippen LogP contribution in [0.4, 0.5) is 8.78 Å². The van der Waals surface area contributed by atoms with Gasteiger partial charge in [-0.3, -0.25) is 0 Å². The van der Waals surface area contributed by atoms with Crippen molar-refractivity contribution >= 4 is 23.4 Å². The van der Waals surface area contributed by atoms with Crippen molar-refractivity contribution in [2.45, 2.75) is 10.3 Å². The summed E-state index contributed by atoms with van der Waals surface area (Å²) < 4.78 is 25.7. The molecule has 1 atom stereocenters. The van der Waals surface area contributed by atoms with E-state index in [1.54, 1.807) is 6.07 Å². The van der Waals surface area contributed by atoms with Gasteiger partial charge >= 0.3 is 0 Å². The SMILES string of the molecule is N#CC(Cl)CSc1cc(F)ccc1F. The standard InChI is InChI=1S/C9H6ClF2NS/c10-6(4-13)5-14-9-3-7(11)1-2-8(9)12/h1-3,6H,5H2. The summed E-state index contributed by atoms with van der Waals surface area (Å²) in [7, 11) is 0. The van der Waals surface area contributed by atoms with Crippen molar-refractivity contribution in [2.75, 3.05) is 5.75 Å². The fraction of sp³-hybridized carbons (Fsp3) is 0.222. The van der Waals surface area contributed by atoms with Crippen molar-refractivity contribution in [2.24, 2.45) is 0 Å². The van der Waals surface area contributed by atoms with Gasteiger partial charge in [-0.1, -0.05) is 0 Å². The lowest BCUT2D eigenvalue weighted by atomic mass is 10.3. The number of halogens is 3. The maximum absolute atomic E-state index is 13.0. The second-order valence-corrected chi connectivity index (χ2v) is 4.07. The van der Waals surface area contributed by atoms with Crippen molar-refractivity contribution in [3.05, 3.63) is 29.8 Å². The number of alkyl halides is 1. The maximum atomic E-state index is 13.0. The molecule has 1 rings (SSSR count). The molecule has 0 heterocycles. The monoisotopic (exact) mass is 233 g/mol. The Bertz CT molecular complexity index is 364. The first-order valence-electron chi connectivity index (χ1n) is 3.75. The number of thioether (sulfide) groups is 1. The molecule has 1 aromatic rings. The molecule has 1 unspecified atom stereocenters. The normalized spacial score (nSPS) is 12.1. The van der Waals surface area contributed by atoms with Gasteiger partial charge in [0.1, 0.15) is 17.0 Å². The number of hydrogen-bond donors (Lipinski definition) is 0. The minimum Gasteiger partial charge on any atom is -0.207 e. The van der Waals surface area contributed by atoms with E-state index in [9.17, 15) is 8.78 Å². The van der Waals surface area contributed by atoms with Crippen LogP contribution in [0.25, 0.3) is 0 Å². The highest BCUT2D eigenvalue weighted by molar-refractivity contribution is 7.99. The van der Waals surface area contributed by atoms with Crippen LogP contribution in [0.3, 0.4) is 0 Å². The Balaban J connectivity index is 2.67. The van der Waals surface area contributed by atoms with Gasteiger partial charge in [0, 0.05) is 10.6 Å². The van der Waals surface area contributed by atoms with Gasteiger partial charge in [-0.25, -0.2) is 8.78 Å². The van der Waals surface area contributed by atoms with Gasteiger partial charge in [0.2, 0.25) is 0 Å². The molecule has 0 N–H and O–H groups in total. The first-order valence-corrected chi connectivity index (χ1v) is 5.17. The predicted molar refractivity (Wildman–Crippen MR) is 52.3 cm³/mol. The van der Waals surface area contributed by atoms with Crippen LogP contribution in [-0.4, -0.2) is 11.1 Å². The summed E-state index contributed by atoms with van der Waals surface area (Å²) in [5.74, 6) is -0.770. The fourth-order valence-corrected chi connectivity index (χ4v) is 1.78. The smallest absolute Gasteiger partial charge is 0.136 e. The highest BCUT2D eigenvalue weighted by atomic mass is 35.5. The summed E-state index contributed by atoms with van der Waals surface area (Å²) in [6.07, 6.45) is 0. The van der Waals surface area contributed by atoms with Crippen molar-refractivity contribution in [3.8, 4) is 6.07 Å². The highest BCUT2D eigenvalue weighted by Crippen LogP contribution is 2.24. The van der Waals surface area contributed by atoms with E-state index in [4.69, 9.17) is 16.9 Å². The molecule has 0 aliphatic heterocycles. The molecular formula is C9H6ClF2NS. The Morgan fingerprint density at radius 1 is 1.50 bits per heavy atom. The van der Waals surface area contributed by atoms with Crippen LogP contribution in [0, 0.1) is 23.0 Å². The zero-order chi connectivity index (χ0) is 10.6.